The average molecular weight is 721 g/mol. The molecule has 55 heavy (non-hydrogen) atoms. The summed E-state index contributed by atoms with van der Waals surface area (Å²) in [6.07, 6.45) is 0. The van der Waals surface area contributed by atoms with Crippen LogP contribution in [0.15, 0.2) is 194 Å². The zero-order valence-corrected chi connectivity index (χ0v) is 30.5. The summed E-state index contributed by atoms with van der Waals surface area (Å²) in [6.45, 7) is 0. The van der Waals surface area contributed by atoms with Gasteiger partial charge in [0.25, 0.3) is 0 Å². The lowest BCUT2D eigenvalue weighted by atomic mass is 9.95. The van der Waals surface area contributed by atoms with Crippen LogP contribution in [0.25, 0.3) is 99.1 Å². The summed E-state index contributed by atoms with van der Waals surface area (Å²) in [5, 5.41) is 2.38. The molecule has 10 aromatic rings. The van der Waals surface area contributed by atoms with Gasteiger partial charge in [-0.25, -0.2) is 19.9 Å². The molecule has 0 radical (unpaired) electrons. The SMILES string of the molecule is c1ccc(-c2ccc(-c3nc(-c4ccccc4)nc(-c4ccc(-c5sc6c(-c7ccccc7)nc7ccccc7c6c5-c5ccccc5)cc4)n3)cc2)cc1. The lowest BCUT2D eigenvalue weighted by Crippen LogP contribution is -2.00. The van der Waals surface area contributed by atoms with Crippen molar-refractivity contribution in [2.75, 3.05) is 0 Å². The molecule has 0 atom stereocenters. The van der Waals surface area contributed by atoms with E-state index in [4.69, 9.17) is 19.9 Å². The zero-order valence-electron chi connectivity index (χ0n) is 29.7. The van der Waals surface area contributed by atoms with Gasteiger partial charge in [-0.15, -0.1) is 11.3 Å². The minimum absolute atomic E-state index is 0.628. The van der Waals surface area contributed by atoms with Gasteiger partial charge >= 0.3 is 0 Å². The van der Waals surface area contributed by atoms with Crippen LogP contribution in [0, 0.1) is 0 Å². The van der Waals surface area contributed by atoms with Crippen LogP contribution in [0.4, 0.5) is 0 Å². The minimum atomic E-state index is 0.628. The number of para-hydroxylation sites is 1. The fourth-order valence-electron chi connectivity index (χ4n) is 7.25. The van der Waals surface area contributed by atoms with Crippen LogP contribution < -0.4 is 0 Å². The molecule has 0 aliphatic carbocycles. The van der Waals surface area contributed by atoms with Gasteiger partial charge in [-0.05, 0) is 28.3 Å². The summed E-state index contributed by atoms with van der Waals surface area (Å²) in [6, 6.07) is 67.4. The lowest BCUT2D eigenvalue weighted by molar-refractivity contribution is 1.07. The fourth-order valence-corrected chi connectivity index (χ4v) is 8.60. The van der Waals surface area contributed by atoms with Gasteiger partial charge in [0.05, 0.1) is 15.9 Å². The van der Waals surface area contributed by atoms with Gasteiger partial charge in [0.15, 0.2) is 17.5 Å². The molecule has 10 rings (SSSR count). The second-order valence-corrected chi connectivity index (χ2v) is 14.4. The van der Waals surface area contributed by atoms with E-state index >= 15 is 0 Å². The van der Waals surface area contributed by atoms with Crippen molar-refractivity contribution < 1.29 is 0 Å². The molecule has 0 N–H and O–H groups in total. The highest BCUT2D eigenvalue weighted by Gasteiger charge is 2.22. The molecule has 3 heterocycles. The summed E-state index contributed by atoms with van der Waals surface area (Å²) in [4.78, 5) is 21.5. The molecule has 4 nitrogen and oxygen atoms in total. The number of aromatic nitrogens is 4. The number of pyridine rings is 1. The molecule has 0 spiro atoms. The van der Waals surface area contributed by atoms with Crippen LogP contribution in [-0.2, 0) is 0 Å². The number of fused-ring (bicyclic) bond motifs is 3. The van der Waals surface area contributed by atoms with E-state index in [0.717, 1.165) is 50.0 Å². The molecule has 0 bridgehead atoms. The molecule has 0 fully saturated rings. The number of benzene rings is 7. The number of rotatable bonds is 7. The molecule has 7 aromatic carbocycles. The Balaban J connectivity index is 1.12. The normalized spacial score (nSPS) is 11.3. The number of hydrogen-bond acceptors (Lipinski definition) is 5. The summed E-state index contributed by atoms with van der Waals surface area (Å²) < 4.78 is 1.18. The molecule has 258 valence electrons. The third-order valence-corrected chi connectivity index (χ3v) is 11.2. The summed E-state index contributed by atoms with van der Waals surface area (Å²) in [5.74, 6) is 1.90. The van der Waals surface area contributed by atoms with Crippen LogP contribution in [0.1, 0.15) is 0 Å². The lowest BCUT2D eigenvalue weighted by Gasteiger charge is -2.11. The van der Waals surface area contributed by atoms with Crippen LogP contribution in [0.5, 0.6) is 0 Å². The largest absolute Gasteiger partial charge is 0.246 e. The van der Waals surface area contributed by atoms with E-state index in [1.807, 2.05) is 36.4 Å². The topological polar surface area (TPSA) is 51.6 Å². The first kappa shape index (κ1) is 32.6. The standard InChI is InChI=1S/C50H32N4S/c1-5-15-33(16-6-1)34-25-29-39(30-26-34)49-52-48(38-21-11-4-12-22-38)53-50(54-49)40-31-27-37(28-32-40)46-43(35-17-7-2-8-18-35)44-41-23-13-14-24-42(41)51-45(47(44)55-46)36-19-9-3-10-20-36/h1-32H. The Labute approximate surface area is 323 Å². The third kappa shape index (κ3) is 6.17. The van der Waals surface area contributed by atoms with Gasteiger partial charge < -0.3 is 0 Å². The summed E-state index contributed by atoms with van der Waals surface area (Å²) >= 11 is 1.80. The maximum Gasteiger partial charge on any atom is 0.164 e. The van der Waals surface area contributed by atoms with Crippen molar-refractivity contribution in [3.63, 3.8) is 0 Å². The van der Waals surface area contributed by atoms with E-state index in [9.17, 15) is 0 Å². The highest BCUT2D eigenvalue weighted by Crippen LogP contribution is 2.50. The fraction of sp³-hybridized carbons (Fsp3) is 0. The quantitative estimate of drug-likeness (QED) is 0.164. The van der Waals surface area contributed by atoms with Crippen LogP contribution in [0.3, 0.4) is 0 Å². The average Bonchev–Trinajstić information content (AvgIpc) is 3.68. The monoisotopic (exact) mass is 720 g/mol. The van der Waals surface area contributed by atoms with Crippen molar-refractivity contribution in [3.8, 4) is 78.1 Å². The van der Waals surface area contributed by atoms with Crippen LogP contribution in [0.2, 0.25) is 0 Å². The first-order chi connectivity index (χ1) is 27.3. The van der Waals surface area contributed by atoms with Gasteiger partial charge in [-0.3, -0.25) is 0 Å². The third-order valence-electron chi connectivity index (χ3n) is 9.96. The van der Waals surface area contributed by atoms with Gasteiger partial charge in [-0.1, -0.05) is 188 Å². The molecule has 0 aliphatic heterocycles. The minimum Gasteiger partial charge on any atom is -0.246 e. The van der Waals surface area contributed by atoms with E-state index in [-0.39, 0.29) is 0 Å². The Morgan fingerprint density at radius 1 is 0.309 bits per heavy atom. The highest BCUT2D eigenvalue weighted by molar-refractivity contribution is 7.23. The van der Waals surface area contributed by atoms with Crippen molar-refractivity contribution in [2.45, 2.75) is 0 Å². The molecule has 0 saturated carbocycles. The van der Waals surface area contributed by atoms with E-state index in [0.29, 0.717) is 17.5 Å². The molecule has 3 aromatic heterocycles. The Hall–Kier alpha value is -7.08. The highest BCUT2D eigenvalue weighted by atomic mass is 32.1. The predicted octanol–water partition coefficient (Wildman–Crippen LogP) is 13.3. The second kappa shape index (κ2) is 14.0. The Morgan fingerprint density at radius 3 is 1.27 bits per heavy atom. The van der Waals surface area contributed by atoms with Crippen molar-refractivity contribution >= 4 is 32.3 Å². The number of thiophene rings is 1. The molecule has 5 heteroatoms. The van der Waals surface area contributed by atoms with Crippen LogP contribution >= 0.6 is 11.3 Å². The van der Waals surface area contributed by atoms with E-state index < -0.39 is 0 Å². The molecule has 0 unspecified atom stereocenters. The molecule has 0 aliphatic rings. The molecule has 0 amide bonds. The van der Waals surface area contributed by atoms with Gasteiger partial charge in [0.1, 0.15) is 0 Å². The number of hydrogen-bond donors (Lipinski definition) is 0. The smallest absolute Gasteiger partial charge is 0.164 e. The van der Waals surface area contributed by atoms with Crippen molar-refractivity contribution in [2.24, 2.45) is 0 Å². The van der Waals surface area contributed by atoms with Gasteiger partial charge in [0, 0.05) is 43.5 Å². The van der Waals surface area contributed by atoms with Gasteiger partial charge in [-0.2, -0.15) is 0 Å². The van der Waals surface area contributed by atoms with Crippen molar-refractivity contribution in [3.05, 3.63) is 194 Å². The molecular formula is C50H32N4S. The van der Waals surface area contributed by atoms with Crippen LogP contribution in [-0.4, -0.2) is 19.9 Å². The van der Waals surface area contributed by atoms with E-state index in [2.05, 4.69) is 158 Å². The second-order valence-electron chi connectivity index (χ2n) is 13.4. The zero-order chi connectivity index (χ0) is 36.6. The maximum atomic E-state index is 5.24. The first-order valence-electron chi connectivity index (χ1n) is 18.3. The first-order valence-corrected chi connectivity index (χ1v) is 19.1. The Morgan fingerprint density at radius 2 is 0.709 bits per heavy atom. The Bertz CT molecular complexity index is 2930. The molecular weight excluding hydrogens is 689 g/mol. The molecule has 0 saturated heterocycles. The summed E-state index contributed by atoms with van der Waals surface area (Å²) in [5.41, 5.74) is 11.7. The van der Waals surface area contributed by atoms with Gasteiger partial charge in [0.2, 0.25) is 0 Å². The van der Waals surface area contributed by atoms with E-state index in [1.54, 1.807) is 11.3 Å². The maximum absolute atomic E-state index is 5.24. The Kier molecular flexibility index (Phi) is 8.32. The number of nitrogens with zero attached hydrogens (tertiary/aromatic N) is 4. The van der Waals surface area contributed by atoms with Crippen molar-refractivity contribution in [1.82, 2.24) is 19.9 Å². The predicted molar refractivity (Wildman–Crippen MR) is 229 cm³/mol. The van der Waals surface area contributed by atoms with E-state index in [1.165, 1.54) is 31.7 Å². The summed E-state index contributed by atoms with van der Waals surface area (Å²) in [7, 11) is 0. The van der Waals surface area contributed by atoms with Crippen molar-refractivity contribution in [1.29, 1.82) is 0 Å².